The SMILES string of the molecule is C=C(O)ON1CCOCC1. The molecule has 1 aliphatic rings. The van der Waals surface area contributed by atoms with E-state index in [1.807, 2.05) is 0 Å². The monoisotopic (exact) mass is 145 g/mol. The van der Waals surface area contributed by atoms with E-state index in [1.165, 1.54) is 0 Å². The molecule has 0 atom stereocenters. The Bertz CT molecular complexity index is 120. The topological polar surface area (TPSA) is 41.9 Å². The van der Waals surface area contributed by atoms with Gasteiger partial charge in [-0.2, -0.15) is 0 Å². The van der Waals surface area contributed by atoms with Crippen LogP contribution in [0.2, 0.25) is 0 Å². The molecule has 0 unspecified atom stereocenters. The molecule has 58 valence electrons. The van der Waals surface area contributed by atoms with Crippen LogP contribution in [-0.2, 0) is 9.57 Å². The molecule has 0 radical (unpaired) electrons. The van der Waals surface area contributed by atoms with E-state index in [0.29, 0.717) is 26.3 Å². The minimum Gasteiger partial charge on any atom is -0.480 e. The van der Waals surface area contributed by atoms with Gasteiger partial charge in [0.05, 0.1) is 26.3 Å². The van der Waals surface area contributed by atoms with E-state index in [9.17, 15) is 0 Å². The van der Waals surface area contributed by atoms with Crippen molar-refractivity contribution >= 4 is 0 Å². The van der Waals surface area contributed by atoms with Gasteiger partial charge in [0.1, 0.15) is 0 Å². The summed E-state index contributed by atoms with van der Waals surface area (Å²) in [6.07, 6.45) is 0. The third kappa shape index (κ3) is 2.24. The van der Waals surface area contributed by atoms with Gasteiger partial charge in [0.15, 0.2) is 0 Å². The van der Waals surface area contributed by atoms with Gasteiger partial charge < -0.3 is 14.7 Å². The summed E-state index contributed by atoms with van der Waals surface area (Å²) in [6.45, 7) is 5.85. The van der Waals surface area contributed by atoms with Gasteiger partial charge in [-0.3, -0.25) is 0 Å². The van der Waals surface area contributed by atoms with E-state index < -0.39 is 0 Å². The summed E-state index contributed by atoms with van der Waals surface area (Å²) in [5.74, 6) is -0.262. The molecule has 0 bridgehead atoms. The smallest absolute Gasteiger partial charge is 0.289 e. The van der Waals surface area contributed by atoms with Crippen LogP contribution in [0.5, 0.6) is 0 Å². The van der Waals surface area contributed by atoms with Gasteiger partial charge >= 0.3 is 0 Å². The Morgan fingerprint density at radius 2 is 2.10 bits per heavy atom. The lowest BCUT2D eigenvalue weighted by Gasteiger charge is -2.24. The molecule has 0 aromatic carbocycles. The van der Waals surface area contributed by atoms with Crippen LogP contribution in [0.4, 0.5) is 0 Å². The third-order valence-corrected chi connectivity index (χ3v) is 1.20. The van der Waals surface area contributed by atoms with Crippen LogP contribution < -0.4 is 0 Å². The Balaban J connectivity index is 2.19. The maximum Gasteiger partial charge on any atom is 0.289 e. The van der Waals surface area contributed by atoms with Crippen molar-refractivity contribution in [1.82, 2.24) is 5.06 Å². The van der Waals surface area contributed by atoms with Crippen LogP contribution in [0.1, 0.15) is 0 Å². The van der Waals surface area contributed by atoms with Gasteiger partial charge in [-0.15, -0.1) is 5.06 Å². The Morgan fingerprint density at radius 1 is 1.50 bits per heavy atom. The average Bonchev–Trinajstić information content (AvgIpc) is 1.88. The van der Waals surface area contributed by atoms with E-state index in [0.717, 1.165) is 0 Å². The molecule has 0 aromatic rings. The fraction of sp³-hybridized carbons (Fsp3) is 0.667. The predicted molar refractivity (Wildman–Crippen MR) is 35.2 cm³/mol. The number of ether oxygens (including phenoxy) is 1. The molecule has 0 saturated carbocycles. The largest absolute Gasteiger partial charge is 0.480 e. The summed E-state index contributed by atoms with van der Waals surface area (Å²) in [4.78, 5) is 4.81. The summed E-state index contributed by atoms with van der Waals surface area (Å²) >= 11 is 0. The highest BCUT2D eigenvalue weighted by Crippen LogP contribution is 2.00. The second kappa shape index (κ2) is 3.43. The molecule has 0 aromatic heterocycles. The van der Waals surface area contributed by atoms with Crippen LogP contribution in [-0.4, -0.2) is 36.5 Å². The van der Waals surface area contributed by atoms with Crippen molar-refractivity contribution in [2.45, 2.75) is 0 Å². The Morgan fingerprint density at radius 3 is 2.60 bits per heavy atom. The second-order valence-corrected chi connectivity index (χ2v) is 2.03. The lowest BCUT2D eigenvalue weighted by atomic mass is 10.5. The van der Waals surface area contributed by atoms with E-state index in [-0.39, 0.29) is 5.95 Å². The first-order chi connectivity index (χ1) is 4.79. The number of rotatable bonds is 2. The van der Waals surface area contributed by atoms with Gasteiger partial charge in [0.2, 0.25) is 0 Å². The molecule has 4 nitrogen and oxygen atoms in total. The van der Waals surface area contributed by atoms with Crippen LogP contribution in [0.3, 0.4) is 0 Å². The predicted octanol–water partition coefficient (Wildman–Crippen LogP) is 0.279. The van der Waals surface area contributed by atoms with E-state index in [1.54, 1.807) is 5.06 Å². The van der Waals surface area contributed by atoms with E-state index in [4.69, 9.17) is 14.7 Å². The Kier molecular flexibility index (Phi) is 2.53. The van der Waals surface area contributed by atoms with Gasteiger partial charge in [-0.1, -0.05) is 0 Å². The first-order valence-corrected chi connectivity index (χ1v) is 3.17. The van der Waals surface area contributed by atoms with Gasteiger partial charge in [0.25, 0.3) is 5.95 Å². The van der Waals surface area contributed by atoms with Crippen molar-refractivity contribution in [2.75, 3.05) is 26.3 Å². The van der Waals surface area contributed by atoms with Crippen molar-refractivity contribution in [3.63, 3.8) is 0 Å². The number of hydrogen-bond donors (Lipinski definition) is 1. The summed E-state index contributed by atoms with van der Waals surface area (Å²) < 4.78 is 5.05. The van der Waals surface area contributed by atoms with Crippen LogP contribution >= 0.6 is 0 Å². The highest BCUT2D eigenvalue weighted by Gasteiger charge is 2.11. The van der Waals surface area contributed by atoms with Gasteiger partial charge in [-0.25, -0.2) is 0 Å². The molecule has 0 aliphatic carbocycles. The summed E-state index contributed by atoms with van der Waals surface area (Å²) in [6, 6.07) is 0. The molecule has 4 heteroatoms. The highest BCUT2D eigenvalue weighted by molar-refractivity contribution is 4.63. The molecule has 1 aliphatic heterocycles. The fourth-order valence-electron chi connectivity index (χ4n) is 0.787. The van der Waals surface area contributed by atoms with E-state index in [2.05, 4.69) is 6.58 Å². The van der Waals surface area contributed by atoms with E-state index >= 15 is 0 Å². The van der Waals surface area contributed by atoms with Crippen molar-refractivity contribution < 1.29 is 14.7 Å². The number of morpholine rings is 1. The zero-order valence-corrected chi connectivity index (χ0v) is 5.75. The third-order valence-electron chi connectivity index (χ3n) is 1.20. The summed E-state index contributed by atoms with van der Waals surface area (Å²) in [7, 11) is 0. The quantitative estimate of drug-likeness (QED) is 0.567. The maximum atomic E-state index is 8.61. The molecular formula is C6H11NO3. The van der Waals surface area contributed by atoms with Crippen molar-refractivity contribution in [3.05, 3.63) is 12.5 Å². The summed E-state index contributed by atoms with van der Waals surface area (Å²) in [5.41, 5.74) is 0. The minimum atomic E-state index is -0.262. The average molecular weight is 145 g/mol. The Hall–Kier alpha value is -0.740. The number of nitrogens with zero attached hydrogens (tertiary/aromatic N) is 1. The summed E-state index contributed by atoms with van der Waals surface area (Å²) in [5, 5.41) is 10.2. The van der Waals surface area contributed by atoms with Crippen molar-refractivity contribution in [2.24, 2.45) is 0 Å². The van der Waals surface area contributed by atoms with Crippen molar-refractivity contribution in [3.8, 4) is 0 Å². The fourth-order valence-corrected chi connectivity index (χ4v) is 0.787. The lowest BCUT2D eigenvalue weighted by molar-refractivity contribution is -0.189. The number of hydroxylamine groups is 2. The second-order valence-electron chi connectivity index (χ2n) is 2.03. The molecule has 1 heterocycles. The molecule has 1 saturated heterocycles. The molecule has 10 heavy (non-hydrogen) atoms. The molecule has 1 N–H and O–H groups in total. The van der Waals surface area contributed by atoms with Gasteiger partial charge in [0, 0.05) is 0 Å². The molecule has 0 spiro atoms. The Labute approximate surface area is 59.6 Å². The van der Waals surface area contributed by atoms with Crippen LogP contribution in [0.15, 0.2) is 12.5 Å². The first kappa shape index (κ1) is 7.37. The minimum absolute atomic E-state index is 0.262. The van der Waals surface area contributed by atoms with Crippen LogP contribution in [0, 0.1) is 0 Å². The molecule has 0 amide bonds. The standard InChI is InChI=1S/C6H11NO3/c1-6(8)10-7-2-4-9-5-3-7/h8H,1-5H2. The lowest BCUT2D eigenvalue weighted by Crippen LogP contribution is -2.35. The number of aliphatic hydroxyl groups excluding tert-OH is 1. The number of aliphatic hydroxyl groups is 1. The highest BCUT2D eigenvalue weighted by atomic mass is 16.7. The first-order valence-electron chi connectivity index (χ1n) is 3.17. The number of hydrogen-bond acceptors (Lipinski definition) is 4. The zero-order chi connectivity index (χ0) is 7.40. The molecule has 1 rings (SSSR count). The normalized spacial score (nSPS) is 20.4. The van der Waals surface area contributed by atoms with Crippen molar-refractivity contribution in [1.29, 1.82) is 0 Å². The molecule has 1 fully saturated rings. The zero-order valence-electron chi connectivity index (χ0n) is 5.75. The van der Waals surface area contributed by atoms with Crippen LogP contribution in [0.25, 0.3) is 0 Å². The van der Waals surface area contributed by atoms with Gasteiger partial charge in [-0.05, 0) is 6.58 Å². The maximum absolute atomic E-state index is 8.61. The molecular weight excluding hydrogens is 134 g/mol.